The first-order chi connectivity index (χ1) is 12.4. The van der Waals surface area contributed by atoms with E-state index in [9.17, 15) is 14.4 Å². The lowest BCUT2D eigenvalue weighted by Gasteiger charge is -2.18. The lowest BCUT2D eigenvalue weighted by molar-refractivity contribution is -0.143. The zero-order valence-corrected chi connectivity index (χ0v) is 14.5. The Morgan fingerprint density at radius 2 is 1.81 bits per heavy atom. The van der Waals surface area contributed by atoms with E-state index in [1.807, 2.05) is 24.3 Å². The summed E-state index contributed by atoms with van der Waals surface area (Å²) >= 11 is 0. The third kappa shape index (κ3) is 4.85. The monoisotopic (exact) mass is 360 g/mol. The predicted molar refractivity (Wildman–Crippen MR) is 95.4 cm³/mol. The molecule has 2 amide bonds. The molecular weight excluding hydrogens is 340 g/mol. The van der Waals surface area contributed by atoms with Crippen LogP contribution in [0.2, 0.25) is 0 Å². The molecule has 0 heterocycles. The summed E-state index contributed by atoms with van der Waals surface area (Å²) < 4.78 is 10.0. The molecule has 0 atom stereocenters. The molecule has 2 aromatic carbocycles. The van der Waals surface area contributed by atoms with E-state index in [1.54, 1.807) is 12.1 Å². The van der Waals surface area contributed by atoms with Gasteiger partial charge in [-0.2, -0.15) is 0 Å². The Kier molecular flexibility index (Phi) is 6.37. The fourth-order valence-electron chi connectivity index (χ4n) is 2.28. The van der Waals surface area contributed by atoms with Crippen LogP contribution in [0.1, 0.15) is 6.42 Å². The summed E-state index contributed by atoms with van der Waals surface area (Å²) in [6.45, 7) is -0.121. The van der Waals surface area contributed by atoms with Crippen LogP contribution in [0.3, 0.4) is 0 Å². The van der Waals surface area contributed by atoms with Crippen molar-refractivity contribution in [1.82, 2.24) is 4.90 Å². The van der Waals surface area contributed by atoms with Gasteiger partial charge in [-0.25, -0.2) is 9.59 Å². The van der Waals surface area contributed by atoms with E-state index in [-0.39, 0.29) is 19.6 Å². The van der Waals surface area contributed by atoms with E-state index < -0.39 is 18.0 Å². The molecule has 0 unspecified atom stereocenters. The number of rotatable bonds is 7. The maximum Gasteiger partial charge on any atom is 0.343 e. The quantitative estimate of drug-likeness (QED) is 0.734. The Bertz CT molecular complexity index is 820. The van der Waals surface area contributed by atoms with Crippen molar-refractivity contribution in [3.63, 3.8) is 0 Å². The molecule has 138 valence electrons. The highest BCUT2D eigenvalue weighted by molar-refractivity contribution is 6.03. The fourth-order valence-corrected chi connectivity index (χ4v) is 2.28. The smallest absolute Gasteiger partial charge is 0.343 e. The van der Waals surface area contributed by atoms with Gasteiger partial charge in [0.2, 0.25) is 0 Å². The highest BCUT2D eigenvalue weighted by atomic mass is 16.6. The zero-order chi connectivity index (χ0) is 19.1. The summed E-state index contributed by atoms with van der Waals surface area (Å²) in [4.78, 5) is 35.4. The minimum absolute atomic E-state index is 0.0967. The number of hydrogen-bond acceptors (Lipinski definition) is 5. The number of urea groups is 1. The first-order valence-electron chi connectivity index (χ1n) is 7.87. The summed E-state index contributed by atoms with van der Waals surface area (Å²) in [5.41, 5.74) is 0.554. The molecule has 8 nitrogen and oxygen atoms in total. The summed E-state index contributed by atoms with van der Waals surface area (Å²) in [5, 5.41) is 12.9. The second-order valence-corrected chi connectivity index (χ2v) is 5.52. The predicted octanol–water partition coefficient (Wildman–Crippen LogP) is 2.33. The molecule has 0 aliphatic heterocycles. The normalized spacial score (nSPS) is 10.2. The lowest BCUT2D eigenvalue weighted by Crippen LogP contribution is -2.33. The minimum atomic E-state index is -0.970. The van der Waals surface area contributed by atoms with Crippen LogP contribution in [0.25, 0.3) is 10.8 Å². The van der Waals surface area contributed by atoms with Gasteiger partial charge in [0.05, 0.1) is 19.2 Å². The highest BCUT2D eigenvalue weighted by Gasteiger charge is 2.14. The van der Waals surface area contributed by atoms with Gasteiger partial charge in [0, 0.05) is 24.4 Å². The Labute approximate surface area is 150 Å². The van der Waals surface area contributed by atoms with Gasteiger partial charge >= 0.3 is 18.0 Å². The second kappa shape index (κ2) is 8.70. The molecule has 8 heteroatoms. The van der Waals surface area contributed by atoms with Gasteiger partial charge in [0.15, 0.2) is 6.61 Å². The molecule has 0 spiro atoms. The van der Waals surface area contributed by atoms with Gasteiger partial charge in [0.25, 0.3) is 0 Å². The Morgan fingerprint density at radius 3 is 2.46 bits per heavy atom. The van der Waals surface area contributed by atoms with E-state index in [2.05, 4.69) is 10.1 Å². The zero-order valence-electron chi connectivity index (χ0n) is 14.5. The molecule has 0 saturated carbocycles. The van der Waals surface area contributed by atoms with E-state index in [1.165, 1.54) is 19.1 Å². The second-order valence-electron chi connectivity index (χ2n) is 5.52. The van der Waals surface area contributed by atoms with Crippen LogP contribution in [0.5, 0.6) is 5.75 Å². The highest BCUT2D eigenvalue weighted by Crippen LogP contribution is 2.31. The number of nitrogens with one attached hydrogen (secondary N) is 1. The molecule has 0 aliphatic carbocycles. The Hall–Kier alpha value is -3.29. The van der Waals surface area contributed by atoms with Crippen LogP contribution in [-0.4, -0.2) is 55.3 Å². The number of carbonyl (C=O) groups excluding carboxylic acids is 2. The standard InChI is InChI=1S/C18H20N2O6/c1-20(10-9-16(21)22)18(24)19-14-7-8-15(26-11-17(23)25-2)13-6-4-3-5-12(13)14/h3-8H,9-11H2,1-2H3,(H,19,24)(H,21,22). The number of carboxylic acids is 1. The molecule has 0 bridgehead atoms. The fraction of sp³-hybridized carbons (Fsp3) is 0.278. The number of fused-ring (bicyclic) bond motifs is 1. The number of aliphatic carboxylic acids is 1. The van der Waals surface area contributed by atoms with E-state index >= 15 is 0 Å². The van der Waals surface area contributed by atoms with E-state index in [0.29, 0.717) is 11.4 Å². The van der Waals surface area contributed by atoms with Crippen LogP contribution in [0.15, 0.2) is 36.4 Å². The first-order valence-corrected chi connectivity index (χ1v) is 7.87. The van der Waals surface area contributed by atoms with Crippen LogP contribution < -0.4 is 10.1 Å². The van der Waals surface area contributed by atoms with Gasteiger partial charge in [-0.1, -0.05) is 24.3 Å². The Morgan fingerprint density at radius 1 is 1.12 bits per heavy atom. The molecular formula is C18H20N2O6. The number of ether oxygens (including phenoxy) is 2. The number of benzene rings is 2. The van der Waals surface area contributed by atoms with Crippen molar-refractivity contribution >= 4 is 34.4 Å². The molecule has 0 aromatic heterocycles. The Balaban J connectivity index is 2.20. The largest absolute Gasteiger partial charge is 0.481 e. The van der Waals surface area contributed by atoms with Crippen molar-refractivity contribution in [2.24, 2.45) is 0 Å². The number of hydrogen-bond donors (Lipinski definition) is 2. The third-order valence-corrected chi connectivity index (χ3v) is 3.71. The maximum atomic E-state index is 12.2. The van der Waals surface area contributed by atoms with Gasteiger partial charge < -0.3 is 24.8 Å². The van der Waals surface area contributed by atoms with Crippen LogP contribution in [-0.2, 0) is 14.3 Å². The van der Waals surface area contributed by atoms with E-state index in [0.717, 1.165) is 10.8 Å². The molecule has 26 heavy (non-hydrogen) atoms. The molecule has 2 rings (SSSR count). The van der Waals surface area contributed by atoms with Crippen molar-refractivity contribution in [3.8, 4) is 5.75 Å². The number of amides is 2. The van der Waals surface area contributed by atoms with Crippen molar-refractivity contribution in [2.45, 2.75) is 6.42 Å². The number of anilines is 1. The van der Waals surface area contributed by atoms with Gasteiger partial charge in [-0.15, -0.1) is 0 Å². The van der Waals surface area contributed by atoms with Crippen LogP contribution in [0, 0.1) is 0 Å². The molecule has 0 fully saturated rings. The van der Waals surface area contributed by atoms with Crippen LogP contribution >= 0.6 is 0 Å². The van der Waals surface area contributed by atoms with Gasteiger partial charge in [0.1, 0.15) is 5.75 Å². The number of carbonyl (C=O) groups is 3. The van der Waals surface area contributed by atoms with Crippen molar-refractivity contribution in [3.05, 3.63) is 36.4 Å². The average molecular weight is 360 g/mol. The molecule has 0 radical (unpaired) electrons. The number of esters is 1. The number of carboxylic acid groups (broad SMARTS) is 1. The van der Waals surface area contributed by atoms with Crippen molar-refractivity contribution in [2.75, 3.05) is 32.6 Å². The summed E-state index contributed by atoms with van der Waals surface area (Å²) in [6.07, 6.45) is -0.134. The molecule has 0 aliphatic rings. The first kappa shape index (κ1) is 19.0. The third-order valence-electron chi connectivity index (χ3n) is 3.71. The summed E-state index contributed by atoms with van der Waals surface area (Å²) in [6, 6.07) is 10.2. The van der Waals surface area contributed by atoms with Gasteiger partial charge in [-0.3, -0.25) is 4.79 Å². The summed E-state index contributed by atoms with van der Waals surface area (Å²) in [5.74, 6) is -0.975. The lowest BCUT2D eigenvalue weighted by atomic mass is 10.1. The molecule has 0 saturated heterocycles. The number of nitrogens with zero attached hydrogens (tertiary/aromatic N) is 1. The van der Waals surface area contributed by atoms with Crippen molar-refractivity contribution < 1.29 is 29.0 Å². The topological polar surface area (TPSA) is 105 Å². The average Bonchev–Trinajstić information content (AvgIpc) is 2.64. The summed E-state index contributed by atoms with van der Waals surface area (Å²) in [7, 11) is 2.80. The van der Waals surface area contributed by atoms with Gasteiger partial charge in [-0.05, 0) is 12.1 Å². The number of methoxy groups -OCH3 is 1. The minimum Gasteiger partial charge on any atom is -0.481 e. The molecule has 2 aromatic rings. The SMILES string of the molecule is COC(=O)COc1ccc(NC(=O)N(C)CCC(=O)O)c2ccccc12. The maximum absolute atomic E-state index is 12.2. The van der Waals surface area contributed by atoms with E-state index in [4.69, 9.17) is 9.84 Å². The molecule has 2 N–H and O–H groups in total. The van der Waals surface area contributed by atoms with Crippen LogP contribution in [0.4, 0.5) is 10.5 Å². The van der Waals surface area contributed by atoms with Crippen molar-refractivity contribution in [1.29, 1.82) is 0 Å².